The molecule has 0 saturated carbocycles. The minimum Gasteiger partial charge on any atom is -0.491 e. The highest BCUT2D eigenvalue weighted by Crippen LogP contribution is 2.38. The third-order valence-corrected chi connectivity index (χ3v) is 3.66. The van der Waals surface area contributed by atoms with Gasteiger partial charge in [-0.05, 0) is 25.0 Å². The molecule has 1 aliphatic heterocycles. The van der Waals surface area contributed by atoms with Gasteiger partial charge in [0.15, 0.2) is 5.82 Å². The molecule has 3 rings (SSSR count). The smallest absolute Gasteiger partial charge is 0.155 e. The van der Waals surface area contributed by atoms with Crippen molar-refractivity contribution in [2.75, 3.05) is 23.8 Å². The van der Waals surface area contributed by atoms with E-state index in [2.05, 4.69) is 23.0 Å². The molecule has 1 aliphatic rings. The van der Waals surface area contributed by atoms with Gasteiger partial charge in [-0.25, -0.2) is 0 Å². The molecule has 0 amide bonds. The van der Waals surface area contributed by atoms with Crippen LogP contribution in [0.3, 0.4) is 0 Å². The Bertz CT molecular complexity index is 620. The van der Waals surface area contributed by atoms with Crippen molar-refractivity contribution in [1.29, 1.82) is 0 Å². The van der Waals surface area contributed by atoms with Crippen LogP contribution in [0.2, 0.25) is 0 Å². The Balaban J connectivity index is 2.12. The maximum atomic E-state index is 6.29. The molecule has 106 valence electrons. The number of nitrogens with two attached hydrogens (primary N) is 1. The summed E-state index contributed by atoms with van der Waals surface area (Å²) in [6, 6.07) is 8.08. The fourth-order valence-electron chi connectivity index (χ4n) is 2.71. The summed E-state index contributed by atoms with van der Waals surface area (Å²) in [5, 5.41) is 4.52. The van der Waals surface area contributed by atoms with E-state index in [4.69, 9.17) is 10.5 Å². The van der Waals surface area contributed by atoms with Crippen molar-refractivity contribution in [2.24, 2.45) is 7.05 Å². The summed E-state index contributed by atoms with van der Waals surface area (Å²) in [6.45, 7) is 3.68. The lowest BCUT2D eigenvalue weighted by Crippen LogP contribution is -2.21. The number of rotatable bonds is 2. The summed E-state index contributed by atoms with van der Waals surface area (Å²) in [5.41, 5.74) is 9.06. The van der Waals surface area contributed by atoms with E-state index in [-0.39, 0.29) is 0 Å². The van der Waals surface area contributed by atoms with Gasteiger partial charge >= 0.3 is 0 Å². The molecule has 0 spiro atoms. The average Bonchev–Trinajstić information content (AvgIpc) is 2.64. The normalized spacial score (nSPS) is 14.6. The molecule has 1 aromatic carbocycles. The molecule has 0 atom stereocenters. The van der Waals surface area contributed by atoms with Gasteiger partial charge in [-0.2, -0.15) is 5.10 Å². The topological polar surface area (TPSA) is 56.3 Å². The lowest BCUT2D eigenvalue weighted by molar-refractivity contribution is 0.322. The zero-order chi connectivity index (χ0) is 14.1. The van der Waals surface area contributed by atoms with E-state index in [1.807, 2.05) is 29.9 Å². The van der Waals surface area contributed by atoms with Crippen LogP contribution in [0.1, 0.15) is 19.0 Å². The molecule has 0 radical (unpaired) electrons. The second-order valence-electron chi connectivity index (χ2n) is 4.98. The van der Waals surface area contributed by atoms with E-state index < -0.39 is 0 Å². The Morgan fingerprint density at radius 3 is 2.90 bits per heavy atom. The molecule has 2 N–H and O–H groups in total. The van der Waals surface area contributed by atoms with Gasteiger partial charge in [-0.3, -0.25) is 4.68 Å². The molecule has 20 heavy (non-hydrogen) atoms. The van der Waals surface area contributed by atoms with Crippen LogP contribution in [0.5, 0.6) is 5.75 Å². The summed E-state index contributed by atoms with van der Waals surface area (Å²) in [7, 11) is 1.94. The Kier molecular flexibility index (Phi) is 3.26. The maximum Gasteiger partial charge on any atom is 0.155 e. The Morgan fingerprint density at radius 2 is 2.15 bits per heavy atom. The number of aromatic nitrogens is 2. The standard InChI is InChI=1S/C15H20N4O/c1-3-11-14(16)15(18(2)17-11)19-9-6-10-20-13-8-5-4-7-12(13)19/h4-5,7-8H,3,6,9-10,16H2,1-2H3. The molecule has 2 heterocycles. The summed E-state index contributed by atoms with van der Waals surface area (Å²) in [5.74, 6) is 1.86. The van der Waals surface area contributed by atoms with Gasteiger partial charge in [0.05, 0.1) is 23.7 Å². The van der Waals surface area contributed by atoms with E-state index in [1.54, 1.807) is 0 Å². The Hall–Kier alpha value is -2.17. The largest absolute Gasteiger partial charge is 0.491 e. The van der Waals surface area contributed by atoms with Crippen molar-refractivity contribution in [3.8, 4) is 5.75 Å². The van der Waals surface area contributed by atoms with Crippen LogP contribution in [0.25, 0.3) is 0 Å². The molecule has 5 nitrogen and oxygen atoms in total. The minimum absolute atomic E-state index is 0.728. The molecule has 0 aliphatic carbocycles. The van der Waals surface area contributed by atoms with Crippen LogP contribution in [-0.4, -0.2) is 22.9 Å². The first kappa shape index (κ1) is 12.8. The molecule has 0 bridgehead atoms. The van der Waals surface area contributed by atoms with Crippen molar-refractivity contribution in [3.05, 3.63) is 30.0 Å². The maximum absolute atomic E-state index is 6.29. The van der Waals surface area contributed by atoms with Crippen LogP contribution in [0.15, 0.2) is 24.3 Å². The fraction of sp³-hybridized carbons (Fsp3) is 0.400. The summed E-state index contributed by atoms with van der Waals surface area (Å²) in [4.78, 5) is 2.21. The monoisotopic (exact) mass is 272 g/mol. The minimum atomic E-state index is 0.728. The van der Waals surface area contributed by atoms with Gasteiger partial charge in [0.1, 0.15) is 5.75 Å². The third-order valence-electron chi connectivity index (χ3n) is 3.66. The third kappa shape index (κ3) is 1.99. The van der Waals surface area contributed by atoms with Gasteiger partial charge in [0.25, 0.3) is 0 Å². The predicted molar refractivity (Wildman–Crippen MR) is 80.6 cm³/mol. The molecule has 5 heteroatoms. The fourth-order valence-corrected chi connectivity index (χ4v) is 2.71. The summed E-state index contributed by atoms with van der Waals surface area (Å²) in [6.07, 6.45) is 1.80. The number of fused-ring (bicyclic) bond motifs is 1. The number of nitrogen functional groups attached to an aromatic ring is 1. The number of hydrogen-bond donors (Lipinski definition) is 1. The zero-order valence-corrected chi connectivity index (χ0v) is 12.0. The van der Waals surface area contributed by atoms with Crippen LogP contribution < -0.4 is 15.4 Å². The number of aryl methyl sites for hydroxylation is 2. The first-order valence-electron chi connectivity index (χ1n) is 7.03. The lowest BCUT2D eigenvalue weighted by atomic mass is 10.2. The highest BCUT2D eigenvalue weighted by atomic mass is 16.5. The Morgan fingerprint density at radius 1 is 1.35 bits per heavy atom. The van der Waals surface area contributed by atoms with Crippen molar-refractivity contribution >= 4 is 17.2 Å². The Labute approximate surface area is 118 Å². The molecular weight excluding hydrogens is 252 g/mol. The number of ether oxygens (including phenoxy) is 1. The second-order valence-corrected chi connectivity index (χ2v) is 4.98. The quantitative estimate of drug-likeness (QED) is 0.912. The first-order valence-corrected chi connectivity index (χ1v) is 7.03. The van der Waals surface area contributed by atoms with E-state index >= 15 is 0 Å². The van der Waals surface area contributed by atoms with E-state index in [9.17, 15) is 0 Å². The van der Waals surface area contributed by atoms with Crippen molar-refractivity contribution in [2.45, 2.75) is 19.8 Å². The first-order chi connectivity index (χ1) is 9.72. The molecular formula is C15H20N4O. The van der Waals surface area contributed by atoms with Gasteiger partial charge < -0.3 is 15.4 Å². The van der Waals surface area contributed by atoms with Crippen molar-refractivity contribution < 1.29 is 4.74 Å². The van der Waals surface area contributed by atoms with Gasteiger partial charge in [-0.1, -0.05) is 19.1 Å². The summed E-state index contributed by atoms with van der Waals surface area (Å²) >= 11 is 0. The van der Waals surface area contributed by atoms with Crippen molar-refractivity contribution in [3.63, 3.8) is 0 Å². The SMILES string of the molecule is CCc1nn(C)c(N2CCCOc3ccccc32)c1N. The van der Waals surface area contributed by atoms with Crippen LogP contribution in [0, 0.1) is 0 Å². The summed E-state index contributed by atoms with van der Waals surface area (Å²) < 4.78 is 7.67. The van der Waals surface area contributed by atoms with Gasteiger partial charge in [-0.15, -0.1) is 0 Å². The average molecular weight is 272 g/mol. The number of hydrogen-bond acceptors (Lipinski definition) is 4. The van der Waals surface area contributed by atoms with E-state index in [0.717, 1.165) is 54.6 Å². The molecule has 2 aromatic rings. The second kappa shape index (κ2) is 5.07. The highest BCUT2D eigenvalue weighted by Gasteiger charge is 2.23. The van der Waals surface area contributed by atoms with Crippen LogP contribution >= 0.6 is 0 Å². The van der Waals surface area contributed by atoms with E-state index in [1.165, 1.54) is 0 Å². The number of para-hydroxylation sites is 2. The van der Waals surface area contributed by atoms with Crippen LogP contribution in [0.4, 0.5) is 17.2 Å². The number of benzene rings is 1. The van der Waals surface area contributed by atoms with Gasteiger partial charge in [0, 0.05) is 13.6 Å². The number of nitrogens with zero attached hydrogens (tertiary/aromatic N) is 3. The number of anilines is 3. The van der Waals surface area contributed by atoms with Gasteiger partial charge in [0.2, 0.25) is 0 Å². The lowest BCUT2D eigenvalue weighted by Gasteiger charge is -2.24. The van der Waals surface area contributed by atoms with E-state index in [0.29, 0.717) is 0 Å². The predicted octanol–water partition coefficient (Wildman–Crippen LogP) is 2.49. The molecule has 0 unspecified atom stereocenters. The molecule has 0 saturated heterocycles. The molecule has 0 fully saturated rings. The zero-order valence-electron chi connectivity index (χ0n) is 12.0. The highest BCUT2D eigenvalue weighted by molar-refractivity contribution is 5.76. The van der Waals surface area contributed by atoms with Crippen LogP contribution in [-0.2, 0) is 13.5 Å². The van der Waals surface area contributed by atoms with Crippen molar-refractivity contribution in [1.82, 2.24) is 9.78 Å². The molecule has 1 aromatic heterocycles.